The molecule has 13 heavy (non-hydrogen) atoms. The third kappa shape index (κ3) is 1.75. The molecule has 0 atom stereocenters. The first-order valence-corrected chi connectivity index (χ1v) is 4.94. The Balaban J connectivity index is 2.25. The molecule has 1 aromatic heterocycles. The van der Waals surface area contributed by atoms with Gasteiger partial charge in [-0.1, -0.05) is 0 Å². The number of nitrogens with two attached hydrogens (primary N) is 1. The average Bonchev–Trinajstić information content (AvgIpc) is 2.78. The molecule has 1 aliphatic rings. The average molecular weight is 243 g/mol. The largest absolute Gasteiger partial charge is 0.383 e. The quantitative estimate of drug-likeness (QED) is 0.831. The predicted octanol–water partition coefficient (Wildman–Crippen LogP) is 1.79. The van der Waals surface area contributed by atoms with Gasteiger partial charge < -0.3 is 11.1 Å². The first kappa shape index (κ1) is 8.74. The monoisotopic (exact) mass is 242 g/mol. The minimum Gasteiger partial charge on any atom is -0.383 e. The second kappa shape index (κ2) is 2.83. The van der Waals surface area contributed by atoms with Gasteiger partial charge in [0.2, 0.25) is 0 Å². The molecular weight excluding hydrogens is 232 g/mol. The Labute approximate surface area is 85.1 Å². The number of nitrogen functional groups attached to an aromatic ring is 1. The molecule has 1 heterocycles. The number of nitrogens with zero attached hydrogens (tertiary/aromatic N) is 2. The SMILES string of the molecule is CC1(Nc2ncnc(N)c2Br)CC1. The van der Waals surface area contributed by atoms with Gasteiger partial charge in [-0.05, 0) is 35.7 Å². The summed E-state index contributed by atoms with van der Waals surface area (Å²) in [4.78, 5) is 7.98. The minimum atomic E-state index is 0.212. The zero-order valence-electron chi connectivity index (χ0n) is 7.34. The summed E-state index contributed by atoms with van der Waals surface area (Å²) in [5.74, 6) is 1.26. The Bertz CT molecular complexity index is 335. The van der Waals surface area contributed by atoms with Crippen LogP contribution in [0.2, 0.25) is 0 Å². The van der Waals surface area contributed by atoms with E-state index in [1.807, 2.05) is 0 Å². The molecule has 0 unspecified atom stereocenters. The molecule has 1 aliphatic carbocycles. The summed E-state index contributed by atoms with van der Waals surface area (Å²) in [5.41, 5.74) is 5.83. The number of aromatic nitrogens is 2. The summed E-state index contributed by atoms with van der Waals surface area (Å²) in [7, 11) is 0. The van der Waals surface area contributed by atoms with Gasteiger partial charge in [0.05, 0.1) is 0 Å². The lowest BCUT2D eigenvalue weighted by Crippen LogP contribution is -2.17. The van der Waals surface area contributed by atoms with Crippen molar-refractivity contribution in [2.45, 2.75) is 25.3 Å². The highest BCUT2D eigenvalue weighted by Gasteiger charge is 2.37. The van der Waals surface area contributed by atoms with Crippen LogP contribution in [0.25, 0.3) is 0 Å². The molecule has 0 saturated heterocycles. The Kier molecular flexibility index (Phi) is 1.91. The summed E-state index contributed by atoms with van der Waals surface area (Å²) < 4.78 is 0.753. The first-order chi connectivity index (χ1) is 6.11. The van der Waals surface area contributed by atoms with Crippen molar-refractivity contribution in [1.82, 2.24) is 9.97 Å². The molecule has 0 bridgehead atoms. The summed E-state index contributed by atoms with van der Waals surface area (Å²) in [5, 5.41) is 3.32. The van der Waals surface area contributed by atoms with Crippen molar-refractivity contribution in [3.05, 3.63) is 10.8 Å². The van der Waals surface area contributed by atoms with E-state index in [-0.39, 0.29) is 5.54 Å². The van der Waals surface area contributed by atoms with Crippen LogP contribution in [0.15, 0.2) is 10.8 Å². The topological polar surface area (TPSA) is 63.8 Å². The highest BCUT2D eigenvalue weighted by molar-refractivity contribution is 9.10. The lowest BCUT2D eigenvalue weighted by Gasteiger charge is -2.13. The summed E-state index contributed by atoms with van der Waals surface area (Å²) in [6.45, 7) is 2.16. The van der Waals surface area contributed by atoms with Crippen LogP contribution in [0.4, 0.5) is 11.6 Å². The Hall–Kier alpha value is -0.840. The van der Waals surface area contributed by atoms with Gasteiger partial charge in [0, 0.05) is 5.54 Å². The number of hydrogen-bond donors (Lipinski definition) is 2. The maximum Gasteiger partial charge on any atom is 0.146 e. The van der Waals surface area contributed by atoms with Crippen molar-refractivity contribution in [3.8, 4) is 0 Å². The fourth-order valence-electron chi connectivity index (χ4n) is 1.07. The highest BCUT2D eigenvalue weighted by atomic mass is 79.9. The van der Waals surface area contributed by atoms with Gasteiger partial charge in [-0.25, -0.2) is 9.97 Å². The molecule has 0 aromatic carbocycles. The lowest BCUT2D eigenvalue weighted by atomic mass is 10.3. The Morgan fingerprint density at radius 1 is 1.54 bits per heavy atom. The predicted molar refractivity (Wildman–Crippen MR) is 55.4 cm³/mol. The van der Waals surface area contributed by atoms with E-state index in [2.05, 4.69) is 38.1 Å². The summed E-state index contributed by atoms with van der Waals surface area (Å²) in [6.07, 6.45) is 3.83. The summed E-state index contributed by atoms with van der Waals surface area (Å²) >= 11 is 3.35. The summed E-state index contributed by atoms with van der Waals surface area (Å²) in [6, 6.07) is 0. The maximum absolute atomic E-state index is 5.62. The van der Waals surface area contributed by atoms with Gasteiger partial charge >= 0.3 is 0 Å². The molecule has 0 aliphatic heterocycles. The van der Waals surface area contributed by atoms with Crippen LogP contribution in [0, 0.1) is 0 Å². The van der Waals surface area contributed by atoms with Crippen LogP contribution < -0.4 is 11.1 Å². The lowest BCUT2D eigenvalue weighted by molar-refractivity contribution is 0.818. The molecule has 3 N–H and O–H groups in total. The van der Waals surface area contributed by atoms with E-state index >= 15 is 0 Å². The third-order valence-corrected chi connectivity index (χ3v) is 3.02. The van der Waals surface area contributed by atoms with Crippen LogP contribution >= 0.6 is 15.9 Å². The molecule has 1 saturated carbocycles. The number of rotatable bonds is 2. The molecule has 5 heteroatoms. The van der Waals surface area contributed by atoms with Gasteiger partial charge in [-0.3, -0.25) is 0 Å². The fourth-order valence-corrected chi connectivity index (χ4v) is 1.37. The van der Waals surface area contributed by atoms with Gasteiger partial charge in [0.15, 0.2) is 0 Å². The van der Waals surface area contributed by atoms with Crippen molar-refractivity contribution >= 4 is 27.6 Å². The zero-order valence-corrected chi connectivity index (χ0v) is 8.93. The molecule has 0 amide bonds. The van der Waals surface area contributed by atoms with Crippen LogP contribution in [0.1, 0.15) is 19.8 Å². The van der Waals surface area contributed by atoms with E-state index in [9.17, 15) is 0 Å². The Morgan fingerprint density at radius 3 is 2.85 bits per heavy atom. The van der Waals surface area contributed by atoms with Gasteiger partial charge in [-0.2, -0.15) is 0 Å². The standard InChI is InChI=1S/C8H11BrN4/c1-8(2-3-8)13-7-5(9)6(10)11-4-12-7/h4H,2-3H2,1H3,(H3,10,11,12,13). The van der Waals surface area contributed by atoms with E-state index in [1.165, 1.54) is 19.2 Å². The molecule has 0 radical (unpaired) electrons. The van der Waals surface area contributed by atoms with Crippen molar-refractivity contribution < 1.29 is 0 Å². The third-order valence-electron chi connectivity index (χ3n) is 2.24. The van der Waals surface area contributed by atoms with E-state index in [1.54, 1.807) is 0 Å². The minimum absolute atomic E-state index is 0.212. The molecule has 70 valence electrons. The molecule has 1 fully saturated rings. The smallest absolute Gasteiger partial charge is 0.146 e. The first-order valence-electron chi connectivity index (χ1n) is 4.15. The number of nitrogens with one attached hydrogen (secondary N) is 1. The van der Waals surface area contributed by atoms with Crippen LogP contribution in [-0.2, 0) is 0 Å². The van der Waals surface area contributed by atoms with E-state index in [0.29, 0.717) is 5.82 Å². The number of hydrogen-bond acceptors (Lipinski definition) is 4. The normalized spacial score (nSPS) is 18.3. The molecular formula is C8H11BrN4. The van der Waals surface area contributed by atoms with Crippen molar-refractivity contribution in [2.24, 2.45) is 0 Å². The number of halogens is 1. The zero-order chi connectivity index (χ0) is 9.47. The van der Waals surface area contributed by atoms with Gasteiger partial charge in [0.1, 0.15) is 22.4 Å². The van der Waals surface area contributed by atoms with Crippen LogP contribution in [0.3, 0.4) is 0 Å². The maximum atomic E-state index is 5.62. The number of anilines is 2. The second-order valence-corrected chi connectivity index (χ2v) is 4.40. The van der Waals surface area contributed by atoms with Crippen molar-refractivity contribution in [1.29, 1.82) is 0 Å². The van der Waals surface area contributed by atoms with Crippen molar-refractivity contribution in [3.63, 3.8) is 0 Å². The van der Waals surface area contributed by atoms with E-state index in [0.717, 1.165) is 10.3 Å². The highest BCUT2D eigenvalue weighted by Crippen LogP contribution is 2.39. The van der Waals surface area contributed by atoms with Crippen LogP contribution in [0.5, 0.6) is 0 Å². The van der Waals surface area contributed by atoms with Gasteiger partial charge in [-0.15, -0.1) is 0 Å². The van der Waals surface area contributed by atoms with Crippen molar-refractivity contribution in [2.75, 3.05) is 11.1 Å². The second-order valence-electron chi connectivity index (χ2n) is 3.61. The van der Waals surface area contributed by atoms with E-state index in [4.69, 9.17) is 5.73 Å². The molecule has 0 spiro atoms. The van der Waals surface area contributed by atoms with Gasteiger partial charge in [0.25, 0.3) is 0 Å². The fraction of sp³-hybridized carbons (Fsp3) is 0.500. The molecule has 1 aromatic rings. The molecule has 4 nitrogen and oxygen atoms in total. The van der Waals surface area contributed by atoms with Crippen LogP contribution in [-0.4, -0.2) is 15.5 Å². The Morgan fingerprint density at radius 2 is 2.23 bits per heavy atom. The van der Waals surface area contributed by atoms with E-state index < -0.39 is 0 Å². The molecule has 2 rings (SSSR count).